The minimum Gasteiger partial charge on any atom is -0.355 e. The molecule has 0 aliphatic heterocycles. The van der Waals surface area contributed by atoms with Crippen LogP contribution >= 0.6 is 0 Å². The van der Waals surface area contributed by atoms with E-state index in [1.165, 1.54) is 21.5 Å². The van der Waals surface area contributed by atoms with E-state index >= 15 is 0 Å². The Labute approximate surface area is 261 Å². The van der Waals surface area contributed by atoms with Crippen molar-refractivity contribution in [1.29, 1.82) is 0 Å². The molecule has 0 unspecified atom stereocenters. The first-order chi connectivity index (χ1) is 22.8. The molecule has 0 aliphatic carbocycles. The van der Waals surface area contributed by atoms with E-state index in [-0.39, 0.29) is 0 Å². The first kappa shape index (κ1) is 24.0. The number of rotatable bonds is 2. The van der Waals surface area contributed by atoms with Crippen molar-refractivity contribution in [2.24, 2.45) is 0 Å². The van der Waals surface area contributed by atoms with E-state index in [9.17, 15) is 0 Å². The number of H-pyrrole nitrogens is 2. The number of hydrogen-bond donors (Lipinski definition) is 2. The van der Waals surface area contributed by atoms with Gasteiger partial charge < -0.3 is 19.1 Å². The summed E-state index contributed by atoms with van der Waals surface area (Å²) < 4.78 is 4.67. The number of pyridine rings is 2. The van der Waals surface area contributed by atoms with Gasteiger partial charge in [-0.1, -0.05) is 54.6 Å². The van der Waals surface area contributed by atoms with Crippen molar-refractivity contribution in [3.8, 4) is 11.4 Å². The average Bonchev–Trinajstić information content (AvgIpc) is 3.84. The highest BCUT2D eigenvalue weighted by Crippen LogP contribution is 2.39. The standard InChI is InChI=1S/C40H24N6/c1-4-11-30-25(8-1)28-20-23(15-17-32(28)42-30)45-34-13-6-3-10-27(34)38-36(45)22-37-40(44-38)39-35(14-7-19-41-39)46(37)24-16-18-33-29(21-24)26-9-2-5-12-31(26)43-33/h1-22,42-43H. The maximum atomic E-state index is 5.41. The quantitative estimate of drug-likeness (QED) is 0.211. The van der Waals surface area contributed by atoms with E-state index in [0.29, 0.717) is 0 Å². The predicted octanol–water partition coefficient (Wildman–Crippen LogP) is 9.94. The lowest BCUT2D eigenvalue weighted by Gasteiger charge is -2.10. The Morgan fingerprint density at radius 1 is 0.391 bits per heavy atom. The first-order valence-electron chi connectivity index (χ1n) is 15.5. The Morgan fingerprint density at radius 3 is 1.63 bits per heavy atom. The molecule has 0 saturated heterocycles. The van der Waals surface area contributed by atoms with Gasteiger partial charge in [0, 0.05) is 66.6 Å². The molecule has 0 radical (unpaired) electrons. The van der Waals surface area contributed by atoms with Crippen molar-refractivity contribution in [2.45, 2.75) is 0 Å². The Hall–Kier alpha value is -6.40. The van der Waals surface area contributed by atoms with Gasteiger partial charge in [-0.05, 0) is 72.8 Å². The molecule has 0 saturated carbocycles. The fourth-order valence-electron chi connectivity index (χ4n) is 7.60. The van der Waals surface area contributed by atoms with Crippen LogP contribution in [0.5, 0.6) is 0 Å². The van der Waals surface area contributed by atoms with Crippen molar-refractivity contribution in [3.05, 3.63) is 134 Å². The summed E-state index contributed by atoms with van der Waals surface area (Å²) >= 11 is 0. The van der Waals surface area contributed by atoms with E-state index in [4.69, 9.17) is 9.97 Å². The second kappa shape index (κ2) is 8.61. The second-order valence-corrected chi connectivity index (χ2v) is 12.1. The number of hydrogen-bond acceptors (Lipinski definition) is 2. The molecule has 11 aromatic rings. The molecule has 46 heavy (non-hydrogen) atoms. The minimum atomic E-state index is 0.899. The number of aromatic amines is 2. The highest BCUT2D eigenvalue weighted by Gasteiger charge is 2.21. The van der Waals surface area contributed by atoms with Gasteiger partial charge in [0.15, 0.2) is 0 Å². The Kier molecular flexibility index (Phi) is 4.49. The summed E-state index contributed by atoms with van der Waals surface area (Å²) in [5, 5.41) is 5.96. The van der Waals surface area contributed by atoms with E-state index in [1.54, 1.807) is 0 Å². The zero-order valence-electron chi connectivity index (χ0n) is 24.5. The van der Waals surface area contributed by atoms with Crippen LogP contribution in [-0.2, 0) is 0 Å². The minimum absolute atomic E-state index is 0.899. The maximum Gasteiger partial charge on any atom is 0.116 e. The fraction of sp³-hybridized carbons (Fsp3) is 0. The van der Waals surface area contributed by atoms with Crippen LogP contribution in [0, 0.1) is 0 Å². The first-order valence-corrected chi connectivity index (χ1v) is 15.5. The lowest BCUT2D eigenvalue weighted by Crippen LogP contribution is -1.96. The summed E-state index contributed by atoms with van der Waals surface area (Å²) in [5.41, 5.74) is 13.7. The fourth-order valence-corrected chi connectivity index (χ4v) is 7.60. The summed E-state index contributed by atoms with van der Waals surface area (Å²) in [4.78, 5) is 17.4. The third-order valence-electron chi connectivity index (χ3n) is 9.61. The largest absolute Gasteiger partial charge is 0.355 e. The molecule has 214 valence electrons. The van der Waals surface area contributed by atoms with Gasteiger partial charge in [-0.2, -0.15) is 0 Å². The molecule has 0 spiro atoms. The number of nitrogens with one attached hydrogen (secondary N) is 2. The van der Waals surface area contributed by atoms with Crippen LogP contribution in [0.15, 0.2) is 134 Å². The lowest BCUT2D eigenvalue weighted by molar-refractivity contribution is 1.16. The van der Waals surface area contributed by atoms with Gasteiger partial charge in [-0.3, -0.25) is 4.98 Å². The monoisotopic (exact) mass is 588 g/mol. The van der Waals surface area contributed by atoms with Gasteiger partial charge in [0.05, 0.1) is 27.6 Å². The summed E-state index contributed by atoms with van der Waals surface area (Å²) in [5.74, 6) is 0. The third kappa shape index (κ3) is 3.09. The number of benzene rings is 5. The van der Waals surface area contributed by atoms with E-state index < -0.39 is 0 Å². The zero-order valence-corrected chi connectivity index (χ0v) is 24.5. The molecule has 6 heterocycles. The molecular formula is C40H24N6. The Morgan fingerprint density at radius 2 is 0.935 bits per heavy atom. The topological polar surface area (TPSA) is 67.2 Å². The van der Waals surface area contributed by atoms with Gasteiger partial charge in [-0.15, -0.1) is 0 Å². The maximum absolute atomic E-state index is 5.41. The highest BCUT2D eigenvalue weighted by atomic mass is 15.0. The molecule has 6 heteroatoms. The van der Waals surface area contributed by atoms with Gasteiger partial charge in [0.1, 0.15) is 11.0 Å². The molecule has 0 amide bonds. The van der Waals surface area contributed by atoms with Gasteiger partial charge in [0.25, 0.3) is 0 Å². The Bertz CT molecular complexity index is 2840. The smallest absolute Gasteiger partial charge is 0.116 e. The van der Waals surface area contributed by atoms with E-state index in [0.717, 1.165) is 77.4 Å². The summed E-state index contributed by atoms with van der Waals surface area (Å²) in [6.07, 6.45) is 1.86. The molecule has 2 N–H and O–H groups in total. The normalized spacial score (nSPS) is 12.3. The van der Waals surface area contributed by atoms with Crippen molar-refractivity contribution in [1.82, 2.24) is 29.1 Å². The van der Waals surface area contributed by atoms with Crippen LogP contribution in [0.4, 0.5) is 0 Å². The number of para-hydroxylation sites is 3. The van der Waals surface area contributed by atoms with Crippen LogP contribution < -0.4 is 0 Å². The van der Waals surface area contributed by atoms with Crippen LogP contribution in [-0.4, -0.2) is 29.1 Å². The average molecular weight is 589 g/mol. The molecule has 0 atom stereocenters. The molecular weight excluding hydrogens is 564 g/mol. The highest BCUT2D eigenvalue weighted by molar-refractivity contribution is 6.15. The summed E-state index contributed by atoms with van der Waals surface area (Å²) in [7, 11) is 0. The SMILES string of the molecule is c1ccc2c(c1)[nH]c1ccc(-n3c4ccccc4c4nc5c6ncccc6n(-c6ccc7[nH]c8ccccc8c7c6)c5cc43)cc12. The molecule has 6 nitrogen and oxygen atoms in total. The summed E-state index contributed by atoms with van der Waals surface area (Å²) in [6.45, 7) is 0. The number of fused-ring (bicyclic) bond motifs is 12. The van der Waals surface area contributed by atoms with Crippen LogP contribution in [0.1, 0.15) is 0 Å². The van der Waals surface area contributed by atoms with E-state index in [1.807, 2.05) is 12.3 Å². The molecule has 5 aromatic carbocycles. The van der Waals surface area contributed by atoms with E-state index in [2.05, 4.69) is 140 Å². The Balaban J connectivity index is 1.26. The predicted molar refractivity (Wildman–Crippen MR) is 189 cm³/mol. The van der Waals surface area contributed by atoms with Crippen LogP contribution in [0.25, 0.3) is 99.0 Å². The second-order valence-electron chi connectivity index (χ2n) is 12.1. The summed E-state index contributed by atoms with van der Waals surface area (Å²) in [6, 6.07) is 45.3. The van der Waals surface area contributed by atoms with Crippen molar-refractivity contribution in [3.63, 3.8) is 0 Å². The number of nitrogens with zero attached hydrogens (tertiary/aromatic N) is 4. The molecule has 0 aliphatic rings. The van der Waals surface area contributed by atoms with Gasteiger partial charge in [-0.25, -0.2) is 4.98 Å². The van der Waals surface area contributed by atoms with Gasteiger partial charge >= 0.3 is 0 Å². The van der Waals surface area contributed by atoms with Crippen molar-refractivity contribution < 1.29 is 0 Å². The van der Waals surface area contributed by atoms with Crippen molar-refractivity contribution in [2.75, 3.05) is 0 Å². The van der Waals surface area contributed by atoms with Crippen LogP contribution in [0.3, 0.4) is 0 Å². The zero-order chi connectivity index (χ0) is 29.9. The van der Waals surface area contributed by atoms with Crippen LogP contribution in [0.2, 0.25) is 0 Å². The van der Waals surface area contributed by atoms with Crippen molar-refractivity contribution >= 4 is 87.6 Å². The number of aromatic nitrogens is 6. The molecule has 0 bridgehead atoms. The molecule has 11 rings (SSSR count). The molecule has 6 aromatic heterocycles. The van der Waals surface area contributed by atoms with Gasteiger partial charge in [0.2, 0.25) is 0 Å². The third-order valence-corrected chi connectivity index (χ3v) is 9.61. The molecule has 0 fully saturated rings. The lowest BCUT2D eigenvalue weighted by atomic mass is 10.1.